The number of hydrogen-bond acceptors (Lipinski definition) is 4. The molecule has 1 amide bonds. The molecule has 1 aliphatic rings. The third-order valence-corrected chi connectivity index (χ3v) is 4.73. The summed E-state index contributed by atoms with van der Waals surface area (Å²) in [4.78, 5) is 14.1. The number of amides is 1. The van der Waals surface area contributed by atoms with E-state index in [-0.39, 0.29) is 11.7 Å². The van der Waals surface area contributed by atoms with E-state index in [2.05, 4.69) is 22.5 Å². The van der Waals surface area contributed by atoms with Gasteiger partial charge in [-0.15, -0.1) is 6.58 Å². The molecule has 1 heterocycles. The number of carbonyl (C=O) groups excluding carboxylic acids is 1. The number of thioether (sulfide) groups is 1. The van der Waals surface area contributed by atoms with Crippen molar-refractivity contribution in [1.82, 2.24) is 4.90 Å². The molecule has 0 aliphatic carbocycles. The highest BCUT2D eigenvalue weighted by atomic mass is 79.9. The molecule has 1 aliphatic heterocycles. The Morgan fingerprint density at radius 3 is 2.90 bits per heavy atom. The summed E-state index contributed by atoms with van der Waals surface area (Å²) in [6.45, 7) is 3.96. The van der Waals surface area contributed by atoms with Gasteiger partial charge in [0.15, 0.2) is 0 Å². The van der Waals surface area contributed by atoms with E-state index in [0.29, 0.717) is 30.8 Å². The summed E-state index contributed by atoms with van der Waals surface area (Å²) in [6.07, 6.45) is 3.19. The fourth-order valence-electron chi connectivity index (χ4n) is 1.62. The topological polar surface area (TPSA) is 40.5 Å². The lowest BCUT2D eigenvalue weighted by atomic mass is 10.2. The molecule has 1 aromatic rings. The Morgan fingerprint density at radius 1 is 1.55 bits per heavy atom. The van der Waals surface area contributed by atoms with Gasteiger partial charge in [-0.1, -0.05) is 41.7 Å². The summed E-state index contributed by atoms with van der Waals surface area (Å²) in [5.41, 5.74) is 0.462. The first-order valence-electron chi connectivity index (χ1n) is 5.48. The Bertz CT molecular complexity index is 646. The van der Waals surface area contributed by atoms with Gasteiger partial charge in [0.05, 0.1) is 9.38 Å². The van der Waals surface area contributed by atoms with Crippen molar-refractivity contribution in [2.24, 2.45) is 0 Å². The number of benzene rings is 1. The van der Waals surface area contributed by atoms with Crippen LogP contribution in [0.5, 0.6) is 5.75 Å². The van der Waals surface area contributed by atoms with Crippen LogP contribution in [0.1, 0.15) is 5.56 Å². The van der Waals surface area contributed by atoms with Gasteiger partial charge in [0.2, 0.25) is 0 Å². The van der Waals surface area contributed by atoms with Crippen molar-refractivity contribution in [3.8, 4) is 5.75 Å². The molecule has 0 spiro atoms. The molecular formula is C13H9BrClNO2S2. The highest BCUT2D eigenvalue weighted by Crippen LogP contribution is 2.37. The number of thiocarbonyl (C=S) groups is 1. The van der Waals surface area contributed by atoms with Gasteiger partial charge in [-0.05, 0) is 34.1 Å². The molecule has 1 aromatic carbocycles. The second-order valence-corrected chi connectivity index (χ2v) is 6.87. The van der Waals surface area contributed by atoms with E-state index in [0.717, 1.165) is 0 Å². The van der Waals surface area contributed by atoms with Gasteiger partial charge in [0.1, 0.15) is 10.1 Å². The lowest BCUT2D eigenvalue weighted by Crippen LogP contribution is -2.27. The molecule has 0 atom stereocenters. The van der Waals surface area contributed by atoms with Gasteiger partial charge in [-0.3, -0.25) is 9.69 Å². The van der Waals surface area contributed by atoms with Crippen molar-refractivity contribution >= 4 is 67.8 Å². The van der Waals surface area contributed by atoms with E-state index < -0.39 is 0 Å². The average Bonchev–Trinajstić information content (AvgIpc) is 2.63. The van der Waals surface area contributed by atoms with Crippen LogP contribution in [0.4, 0.5) is 0 Å². The van der Waals surface area contributed by atoms with Crippen LogP contribution in [0, 0.1) is 0 Å². The van der Waals surface area contributed by atoms with Crippen LogP contribution in [-0.4, -0.2) is 26.8 Å². The first kappa shape index (κ1) is 15.6. The lowest BCUT2D eigenvalue weighted by molar-refractivity contribution is -0.121. The van der Waals surface area contributed by atoms with Crippen LogP contribution in [0.3, 0.4) is 0 Å². The Labute approximate surface area is 139 Å². The van der Waals surface area contributed by atoms with E-state index in [1.165, 1.54) is 16.7 Å². The maximum absolute atomic E-state index is 12.2. The first-order valence-corrected chi connectivity index (χ1v) is 7.88. The number of hydrogen-bond donors (Lipinski definition) is 1. The van der Waals surface area contributed by atoms with Gasteiger partial charge in [0.25, 0.3) is 5.91 Å². The third kappa shape index (κ3) is 3.09. The highest BCUT2D eigenvalue weighted by Gasteiger charge is 2.31. The van der Waals surface area contributed by atoms with Crippen LogP contribution in [-0.2, 0) is 4.79 Å². The van der Waals surface area contributed by atoms with Crippen molar-refractivity contribution in [2.75, 3.05) is 6.54 Å². The lowest BCUT2D eigenvalue weighted by Gasteiger charge is -2.10. The summed E-state index contributed by atoms with van der Waals surface area (Å²) in [5, 5.41) is 10.4. The van der Waals surface area contributed by atoms with E-state index in [4.69, 9.17) is 23.8 Å². The zero-order chi connectivity index (χ0) is 14.9. The van der Waals surface area contributed by atoms with Crippen molar-refractivity contribution in [1.29, 1.82) is 0 Å². The van der Waals surface area contributed by atoms with Crippen LogP contribution in [0.25, 0.3) is 6.08 Å². The maximum atomic E-state index is 12.2. The van der Waals surface area contributed by atoms with Crippen LogP contribution < -0.4 is 0 Å². The Hall–Kier alpha value is -0.820. The quantitative estimate of drug-likeness (QED) is 0.477. The number of aromatic hydroxyl groups is 1. The van der Waals surface area contributed by atoms with Gasteiger partial charge in [-0.25, -0.2) is 0 Å². The number of phenols is 1. The predicted molar refractivity (Wildman–Crippen MR) is 90.9 cm³/mol. The van der Waals surface area contributed by atoms with Gasteiger partial charge in [0, 0.05) is 17.1 Å². The minimum Gasteiger partial charge on any atom is -0.506 e. The fraction of sp³-hybridized carbons (Fsp3) is 0.0769. The van der Waals surface area contributed by atoms with E-state index in [1.54, 1.807) is 24.3 Å². The minimum atomic E-state index is -0.199. The van der Waals surface area contributed by atoms with Crippen molar-refractivity contribution in [3.63, 3.8) is 0 Å². The molecule has 104 valence electrons. The molecule has 1 fully saturated rings. The molecule has 3 nitrogen and oxygen atoms in total. The average molecular weight is 391 g/mol. The van der Waals surface area contributed by atoms with Crippen molar-refractivity contribution in [2.45, 2.75) is 0 Å². The molecule has 0 aromatic heterocycles. The van der Waals surface area contributed by atoms with Crippen LogP contribution in [0.2, 0.25) is 5.02 Å². The normalized spacial score (nSPS) is 17.1. The minimum absolute atomic E-state index is 0.0309. The fourth-order valence-corrected chi connectivity index (χ4v) is 3.72. The molecular weight excluding hydrogens is 382 g/mol. The Morgan fingerprint density at radius 2 is 2.25 bits per heavy atom. The molecule has 7 heteroatoms. The highest BCUT2D eigenvalue weighted by molar-refractivity contribution is 9.10. The molecule has 1 N–H and O–H groups in total. The number of phenolic OH excluding ortho intramolecular Hbond substituents is 1. The molecule has 1 saturated heterocycles. The van der Waals surface area contributed by atoms with Crippen LogP contribution >= 0.6 is 51.5 Å². The van der Waals surface area contributed by atoms with Gasteiger partial charge < -0.3 is 5.11 Å². The first-order chi connectivity index (χ1) is 9.43. The summed E-state index contributed by atoms with van der Waals surface area (Å²) in [5.74, 6) is -0.168. The third-order valence-electron chi connectivity index (χ3n) is 2.53. The van der Waals surface area contributed by atoms with Crippen LogP contribution in [0.15, 0.2) is 34.2 Å². The zero-order valence-corrected chi connectivity index (χ0v) is 14.1. The number of halogens is 2. The second kappa shape index (κ2) is 6.30. The van der Waals surface area contributed by atoms with E-state index in [1.807, 2.05) is 0 Å². The standard InChI is InChI=1S/C13H9BrClNO2S2/c1-2-3-16-12(18)10(20-13(16)19)5-7-4-8(15)6-9(14)11(7)17/h2,4-6,17H,1,3H2/b10-5-. The summed E-state index contributed by atoms with van der Waals surface area (Å²) < 4.78 is 0.944. The predicted octanol–water partition coefficient (Wildman–Crippen LogP) is 4.20. The maximum Gasteiger partial charge on any atom is 0.266 e. The summed E-state index contributed by atoms with van der Waals surface area (Å²) in [7, 11) is 0. The molecule has 0 unspecified atom stereocenters. The smallest absolute Gasteiger partial charge is 0.266 e. The van der Waals surface area contributed by atoms with Gasteiger partial charge >= 0.3 is 0 Å². The monoisotopic (exact) mass is 389 g/mol. The molecule has 0 bridgehead atoms. The van der Waals surface area contributed by atoms with Crippen molar-refractivity contribution in [3.05, 3.63) is 44.8 Å². The summed E-state index contributed by atoms with van der Waals surface area (Å²) in [6, 6.07) is 3.17. The van der Waals surface area contributed by atoms with E-state index in [9.17, 15) is 9.90 Å². The molecule has 0 saturated carbocycles. The number of carbonyl (C=O) groups is 1. The Kier molecular flexibility index (Phi) is 4.90. The number of rotatable bonds is 3. The van der Waals surface area contributed by atoms with Crippen molar-refractivity contribution < 1.29 is 9.90 Å². The second-order valence-electron chi connectivity index (χ2n) is 3.91. The molecule has 0 radical (unpaired) electrons. The van der Waals surface area contributed by atoms with Gasteiger partial charge in [-0.2, -0.15) is 0 Å². The SMILES string of the molecule is C=CCN1C(=O)/C(=C/c2cc(Cl)cc(Br)c2O)SC1=S. The number of nitrogens with zero attached hydrogens (tertiary/aromatic N) is 1. The van der Waals surface area contributed by atoms with E-state index >= 15 is 0 Å². The summed E-state index contributed by atoms with van der Waals surface area (Å²) >= 11 is 15.5. The molecule has 2 rings (SSSR count). The zero-order valence-electron chi connectivity index (χ0n) is 10.1. The Balaban J connectivity index is 2.40. The largest absolute Gasteiger partial charge is 0.506 e. The molecule has 20 heavy (non-hydrogen) atoms.